The van der Waals surface area contributed by atoms with E-state index in [1.807, 2.05) is 0 Å². The van der Waals surface area contributed by atoms with Gasteiger partial charge in [-0.1, -0.05) is 12.1 Å². The zero-order valence-electron chi connectivity index (χ0n) is 16.2. The molecule has 0 aromatic heterocycles. The largest absolute Gasteiger partial charge is 0.379 e. The van der Waals surface area contributed by atoms with E-state index in [2.05, 4.69) is 14.9 Å². The number of hydrogen-bond acceptors (Lipinski definition) is 5. The van der Waals surface area contributed by atoms with Crippen LogP contribution in [0.3, 0.4) is 0 Å². The van der Waals surface area contributed by atoms with Gasteiger partial charge in [0.25, 0.3) is 15.9 Å². The van der Waals surface area contributed by atoms with Crippen LogP contribution in [0.2, 0.25) is 0 Å². The third kappa shape index (κ3) is 5.53. The Morgan fingerprint density at radius 1 is 1.17 bits per heavy atom. The van der Waals surface area contributed by atoms with Crippen LogP contribution in [0.1, 0.15) is 15.9 Å². The Kier molecular flexibility index (Phi) is 6.83. The van der Waals surface area contributed by atoms with E-state index < -0.39 is 15.8 Å². The van der Waals surface area contributed by atoms with Gasteiger partial charge in [0, 0.05) is 26.2 Å². The van der Waals surface area contributed by atoms with Crippen molar-refractivity contribution < 1.29 is 22.3 Å². The van der Waals surface area contributed by atoms with Gasteiger partial charge in [0.2, 0.25) is 0 Å². The molecule has 1 heterocycles. The number of ether oxygens (including phenoxy) is 1. The van der Waals surface area contributed by atoms with Crippen molar-refractivity contribution >= 4 is 21.6 Å². The Bertz CT molecular complexity index is 975. The molecule has 1 amide bonds. The molecular weight excluding hydrogens is 397 g/mol. The van der Waals surface area contributed by atoms with Crippen molar-refractivity contribution in [2.24, 2.45) is 0 Å². The summed E-state index contributed by atoms with van der Waals surface area (Å²) in [6, 6.07) is 9.83. The average Bonchev–Trinajstić information content (AvgIpc) is 2.68. The summed E-state index contributed by atoms with van der Waals surface area (Å²) in [4.78, 5) is 14.8. The molecule has 0 atom stereocenters. The fourth-order valence-corrected chi connectivity index (χ4v) is 4.44. The Balaban J connectivity index is 1.70. The molecule has 1 saturated heterocycles. The van der Waals surface area contributed by atoms with Crippen LogP contribution in [0.5, 0.6) is 0 Å². The summed E-state index contributed by atoms with van der Waals surface area (Å²) < 4.78 is 46.5. The van der Waals surface area contributed by atoms with Crippen molar-refractivity contribution in [1.29, 1.82) is 0 Å². The number of anilines is 1. The maximum absolute atomic E-state index is 13.3. The zero-order valence-corrected chi connectivity index (χ0v) is 17.0. The van der Waals surface area contributed by atoms with E-state index in [1.165, 1.54) is 19.1 Å². The monoisotopic (exact) mass is 421 g/mol. The highest BCUT2D eigenvalue weighted by atomic mass is 32.2. The number of morpholine rings is 1. The number of sulfonamides is 1. The summed E-state index contributed by atoms with van der Waals surface area (Å²) in [7, 11) is -3.97. The van der Waals surface area contributed by atoms with E-state index in [4.69, 9.17) is 4.74 Å². The van der Waals surface area contributed by atoms with Crippen molar-refractivity contribution in [3.8, 4) is 0 Å². The van der Waals surface area contributed by atoms with Crippen LogP contribution >= 0.6 is 0 Å². The second-order valence-corrected chi connectivity index (χ2v) is 8.42. The van der Waals surface area contributed by atoms with Crippen LogP contribution in [0.15, 0.2) is 47.4 Å². The molecule has 0 bridgehead atoms. The molecule has 2 aromatic carbocycles. The number of carbonyl (C=O) groups is 1. The van der Waals surface area contributed by atoms with E-state index in [-0.39, 0.29) is 27.6 Å². The van der Waals surface area contributed by atoms with Gasteiger partial charge in [-0.15, -0.1) is 0 Å². The summed E-state index contributed by atoms with van der Waals surface area (Å²) in [6.07, 6.45) is 0. The molecule has 9 heteroatoms. The fraction of sp³-hybridized carbons (Fsp3) is 0.350. The zero-order chi connectivity index (χ0) is 20.9. The predicted molar refractivity (Wildman–Crippen MR) is 108 cm³/mol. The lowest BCUT2D eigenvalue weighted by atomic mass is 10.1. The second kappa shape index (κ2) is 9.34. The predicted octanol–water partition coefficient (Wildman–Crippen LogP) is 2.00. The van der Waals surface area contributed by atoms with Gasteiger partial charge in [-0.2, -0.15) is 0 Å². The second-order valence-electron chi connectivity index (χ2n) is 6.77. The van der Waals surface area contributed by atoms with E-state index in [9.17, 15) is 17.6 Å². The molecule has 1 fully saturated rings. The first-order valence-electron chi connectivity index (χ1n) is 9.33. The molecule has 0 radical (unpaired) electrons. The molecule has 1 aliphatic heterocycles. The first kappa shape index (κ1) is 21.2. The number of nitrogens with zero attached hydrogens (tertiary/aromatic N) is 1. The molecule has 0 spiro atoms. The van der Waals surface area contributed by atoms with Crippen molar-refractivity contribution in [3.05, 3.63) is 59.4 Å². The van der Waals surface area contributed by atoms with Gasteiger partial charge in [-0.25, -0.2) is 12.8 Å². The quantitative estimate of drug-likeness (QED) is 0.714. The van der Waals surface area contributed by atoms with E-state index in [0.717, 1.165) is 25.2 Å². The Morgan fingerprint density at radius 3 is 2.62 bits per heavy atom. The summed E-state index contributed by atoms with van der Waals surface area (Å²) in [5.41, 5.74) is 0.669. The highest BCUT2D eigenvalue weighted by molar-refractivity contribution is 7.92. The number of carbonyl (C=O) groups excluding carboxylic acids is 1. The highest BCUT2D eigenvalue weighted by Crippen LogP contribution is 2.22. The van der Waals surface area contributed by atoms with Gasteiger partial charge in [0.1, 0.15) is 5.82 Å². The number of rotatable bonds is 7. The maximum Gasteiger partial charge on any atom is 0.262 e. The molecule has 7 nitrogen and oxygen atoms in total. The lowest BCUT2D eigenvalue weighted by molar-refractivity contribution is 0.0383. The molecule has 2 N–H and O–H groups in total. The Morgan fingerprint density at radius 2 is 1.90 bits per heavy atom. The molecule has 156 valence electrons. The molecule has 2 aromatic rings. The van der Waals surface area contributed by atoms with E-state index >= 15 is 0 Å². The van der Waals surface area contributed by atoms with Crippen LogP contribution in [-0.2, 0) is 14.8 Å². The molecular formula is C20H24FN3O4S. The van der Waals surface area contributed by atoms with Gasteiger partial charge < -0.3 is 10.1 Å². The fourth-order valence-electron chi connectivity index (χ4n) is 3.13. The Hall–Kier alpha value is -2.49. The minimum Gasteiger partial charge on any atom is -0.379 e. The minimum atomic E-state index is -3.97. The lowest BCUT2D eigenvalue weighted by Gasteiger charge is -2.26. The highest BCUT2D eigenvalue weighted by Gasteiger charge is 2.20. The average molecular weight is 421 g/mol. The third-order valence-corrected chi connectivity index (χ3v) is 6.19. The SMILES string of the molecule is Cc1cc(F)ccc1S(=O)(=O)Nc1ccccc1C(=O)NCCN1CCOCC1. The molecule has 1 aliphatic rings. The van der Waals surface area contributed by atoms with Crippen LogP contribution < -0.4 is 10.0 Å². The van der Waals surface area contributed by atoms with Crippen molar-refractivity contribution in [2.45, 2.75) is 11.8 Å². The van der Waals surface area contributed by atoms with Crippen LogP contribution in [0.25, 0.3) is 0 Å². The molecule has 3 rings (SSSR count). The van der Waals surface area contributed by atoms with E-state index in [0.29, 0.717) is 26.3 Å². The van der Waals surface area contributed by atoms with Gasteiger partial charge in [-0.3, -0.25) is 14.4 Å². The minimum absolute atomic E-state index is 0.0403. The topological polar surface area (TPSA) is 87.7 Å². The number of benzene rings is 2. The van der Waals surface area contributed by atoms with Crippen molar-refractivity contribution in [1.82, 2.24) is 10.2 Å². The third-order valence-electron chi connectivity index (χ3n) is 4.66. The lowest BCUT2D eigenvalue weighted by Crippen LogP contribution is -2.41. The Labute approximate surface area is 169 Å². The van der Waals surface area contributed by atoms with Gasteiger partial charge >= 0.3 is 0 Å². The van der Waals surface area contributed by atoms with Crippen LogP contribution in [0.4, 0.5) is 10.1 Å². The summed E-state index contributed by atoms with van der Waals surface area (Å²) in [5, 5.41) is 2.83. The maximum atomic E-state index is 13.3. The van der Waals surface area contributed by atoms with Crippen molar-refractivity contribution in [2.75, 3.05) is 44.1 Å². The number of para-hydroxylation sites is 1. The number of hydrogen-bond donors (Lipinski definition) is 2. The normalized spacial score (nSPS) is 15.1. The van der Waals surface area contributed by atoms with Crippen LogP contribution in [0, 0.1) is 12.7 Å². The van der Waals surface area contributed by atoms with Crippen LogP contribution in [-0.4, -0.2) is 58.6 Å². The number of halogens is 1. The molecule has 29 heavy (non-hydrogen) atoms. The molecule has 0 unspecified atom stereocenters. The van der Waals surface area contributed by atoms with E-state index in [1.54, 1.807) is 18.2 Å². The number of amides is 1. The smallest absolute Gasteiger partial charge is 0.262 e. The number of aryl methyl sites for hydroxylation is 1. The van der Waals surface area contributed by atoms with Gasteiger partial charge in [0.05, 0.1) is 29.4 Å². The first-order chi connectivity index (χ1) is 13.9. The summed E-state index contributed by atoms with van der Waals surface area (Å²) >= 11 is 0. The first-order valence-corrected chi connectivity index (χ1v) is 10.8. The summed E-state index contributed by atoms with van der Waals surface area (Å²) in [6.45, 7) is 5.66. The summed E-state index contributed by atoms with van der Waals surface area (Å²) in [5.74, 6) is -0.881. The standard InChI is InChI=1S/C20H24FN3O4S/c1-15-14-16(21)6-7-19(15)29(26,27)23-18-5-3-2-4-17(18)20(25)22-8-9-24-10-12-28-13-11-24/h2-7,14,23H,8-13H2,1H3,(H,22,25). The number of nitrogens with one attached hydrogen (secondary N) is 2. The molecule has 0 saturated carbocycles. The van der Waals surface area contributed by atoms with Crippen molar-refractivity contribution in [3.63, 3.8) is 0 Å². The van der Waals surface area contributed by atoms with Gasteiger partial charge in [-0.05, 0) is 42.8 Å². The van der Waals surface area contributed by atoms with Gasteiger partial charge in [0.15, 0.2) is 0 Å². The molecule has 0 aliphatic carbocycles.